The van der Waals surface area contributed by atoms with Crippen LogP contribution in [-0.4, -0.2) is 20.0 Å². The van der Waals surface area contributed by atoms with E-state index in [2.05, 4.69) is 0 Å². The van der Waals surface area contributed by atoms with Crippen LogP contribution in [0.15, 0.2) is 36.4 Å². The highest BCUT2D eigenvalue weighted by molar-refractivity contribution is 6.02. The maximum Gasteiger partial charge on any atom is 0.174 e. The molecule has 0 amide bonds. The fraction of sp³-hybridized carbons (Fsp3) is 0.188. The van der Waals surface area contributed by atoms with E-state index in [0.717, 1.165) is 6.07 Å². The highest BCUT2D eigenvalue weighted by Crippen LogP contribution is 2.29. The zero-order valence-corrected chi connectivity index (χ0v) is 11.7. The molecule has 0 aliphatic carbocycles. The zero-order chi connectivity index (χ0) is 15.4. The molecule has 21 heavy (non-hydrogen) atoms. The van der Waals surface area contributed by atoms with E-state index in [1.807, 2.05) is 0 Å². The Balaban J connectivity index is 2.39. The molecule has 2 rings (SSSR count). The van der Waals surface area contributed by atoms with Crippen LogP contribution < -0.4 is 9.47 Å². The summed E-state index contributed by atoms with van der Waals surface area (Å²) in [6.45, 7) is 0. The molecule has 0 unspecified atom stereocenters. The van der Waals surface area contributed by atoms with E-state index in [4.69, 9.17) is 9.47 Å². The minimum Gasteiger partial charge on any atom is -0.496 e. The van der Waals surface area contributed by atoms with E-state index in [-0.39, 0.29) is 17.5 Å². The predicted octanol–water partition coefficient (Wildman–Crippen LogP) is 3.41. The van der Waals surface area contributed by atoms with Crippen molar-refractivity contribution in [2.24, 2.45) is 0 Å². The van der Waals surface area contributed by atoms with Crippen LogP contribution in [0.2, 0.25) is 0 Å². The normalized spacial score (nSPS) is 10.3. The summed E-state index contributed by atoms with van der Waals surface area (Å²) in [6.07, 6.45) is -0.277. The van der Waals surface area contributed by atoms with Gasteiger partial charge in [0.25, 0.3) is 0 Å². The third-order valence-corrected chi connectivity index (χ3v) is 3.09. The molecule has 0 aliphatic rings. The number of carbonyl (C=O) groups excluding carboxylic acids is 1. The molecule has 0 saturated heterocycles. The first kappa shape index (κ1) is 15.0. The van der Waals surface area contributed by atoms with Gasteiger partial charge >= 0.3 is 0 Å². The summed E-state index contributed by atoms with van der Waals surface area (Å²) in [4.78, 5) is 12.4. The highest BCUT2D eigenvalue weighted by atomic mass is 19.2. The van der Waals surface area contributed by atoms with Crippen molar-refractivity contribution in [2.75, 3.05) is 14.2 Å². The minimum absolute atomic E-state index is 0.00652. The van der Waals surface area contributed by atoms with E-state index < -0.39 is 17.4 Å². The molecule has 0 bridgehead atoms. The standard InChI is InChI=1S/C16H14F2O3/c1-20-13-7-4-8-14(21-2)15(13)12(19)9-10-5-3-6-11(17)16(10)18/h3-8H,9H2,1-2H3. The number of methoxy groups -OCH3 is 2. The zero-order valence-electron chi connectivity index (χ0n) is 11.7. The van der Waals surface area contributed by atoms with E-state index in [9.17, 15) is 13.6 Å². The molecule has 0 atom stereocenters. The van der Waals surface area contributed by atoms with Crippen molar-refractivity contribution in [3.05, 3.63) is 59.2 Å². The Hall–Kier alpha value is -2.43. The van der Waals surface area contributed by atoms with Gasteiger partial charge in [-0.25, -0.2) is 8.78 Å². The van der Waals surface area contributed by atoms with Gasteiger partial charge in [0.15, 0.2) is 17.4 Å². The molecule has 0 heterocycles. The van der Waals surface area contributed by atoms with Crippen LogP contribution in [0.4, 0.5) is 8.78 Å². The lowest BCUT2D eigenvalue weighted by Gasteiger charge is -2.12. The maximum atomic E-state index is 13.7. The van der Waals surface area contributed by atoms with Crippen molar-refractivity contribution in [3.8, 4) is 11.5 Å². The number of ketones is 1. The number of Topliss-reactive ketones (excluding diaryl/α,β-unsaturated/α-hetero) is 1. The SMILES string of the molecule is COc1cccc(OC)c1C(=O)Cc1cccc(F)c1F. The lowest BCUT2D eigenvalue weighted by molar-refractivity contribution is 0.0985. The first-order valence-electron chi connectivity index (χ1n) is 6.25. The van der Waals surface area contributed by atoms with Gasteiger partial charge in [-0.3, -0.25) is 4.79 Å². The van der Waals surface area contributed by atoms with Crippen LogP contribution in [0.3, 0.4) is 0 Å². The van der Waals surface area contributed by atoms with Gasteiger partial charge in [-0.1, -0.05) is 18.2 Å². The molecule has 0 aromatic heterocycles. The fourth-order valence-corrected chi connectivity index (χ4v) is 2.07. The van der Waals surface area contributed by atoms with E-state index in [0.29, 0.717) is 11.5 Å². The molecule has 110 valence electrons. The summed E-state index contributed by atoms with van der Waals surface area (Å²) in [5, 5.41) is 0. The molecule has 3 nitrogen and oxygen atoms in total. The number of rotatable bonds is 5. The molecule has 0 aliphatic heterocycles. The van der Waals surface area contributed by atoms with Gasteiger partial charge in [0.1, 0.15) is 17.1 Å². The van der Waals surface area contributed by atoms with Gasteiger partial charge in [-0.2, -0.15) is 0 Å². The summed E-state index contributed by atoms with van der Waals surface area (Å²) in [5.41, 5.74) is 0.208. The van der Waals surface area contributed by atoms with Crippen LogP contribution in [0, 0.1) is 11.6 Å². The van der Waals surface area contributed by atoms with Gasteiger partial charge in [0, 0.05) is 6.42 Å². The third-order valence-electron chi connectivity index (χ3n) is 3.09. The van der Waals surface area contributed by atoms with Crippen LogP contribution in [0.5, 0.6) is 11.5 Å². The number of hydrogen-bond donors (Lipinski definition) is 0. The Morgan fingerprint density at radius 2 is 1.57 bits per heavy atom. The van der Waals surface area contributed by atoms with Crippen molar-refractivity contribution in [2.45, 2.75) is 6.42 Å². The number of hydrogen-bond acceptors (Lipinski definition) is 3. The molecule has 2 aromatic carbocycles. The van der Waals surface area contributed by atoms with Gasteiger partial charge in [0.05, 0.1) is 14.2 Å². The molecule has 0 saturated carbocycles. The van der Waals surface area contributed by atoms with Crippen molar-refractivity contribution < 1.29 is 23.0 Å². The number of ether oxygens (including phenoxy) is 2. The fourth-order valence-electron chi connectivity index (χ4n) is 2.07. The second-order valence-electron chi connectivity index (χ2n) is 4.35. The molecule has 2 aromatic rings. The van der Waals surface area contributed by atoms with Gasteiger partial charge in [-0.15, -0.1) is 0 Å². The van der Waals surface area contributed by atoms with Gasteiger partial charge in [0.2, 0.25) is 0 Å². The number of carbonyl (C=O) groups is 1. The van der Waals surface area contributed by atoms with Crippen LogP contribution in [0.25, 0.3) is 0 Å². The van der Waals surface area contributed by atoms with E-state index >= 15 is 0 Å². The predicted molar refractivity (Wildman–Crippen MR) is 73.9 cm³/mol. The van der Waals surface area contributed by atoms with Crippen LogP contribution in [0.1, 0.15) is 15.9 Å². The second kappa shape index (κ2) is 6.35. The summed E-state index contributed by atoms with van der Waals surface area (Å²) in [5.74, 6) is -1.74. The average molecular weight is 292 g/mol. The van der Waals surface area contributed by atoms with Gasteiger partial charge in [-0.05, 0) is 23.8 Å². The Bertz CT molecular complexity index is 646. The smallest absolute Gasteiger partial charge is 0.174 e. The number of halogens is 2. The largest absolute Gasteiger partial charge is 0.496 e. The first-order chi connectivity index (χ1) is 10.1. The Morgan fingerprint density at radius 1 is 1.00 bits per heavy atom. The molecule has 0 spiro atoms. The lowest BCUT2D eigenvalue weighted by atomic mass is 10.0. The summed E-state index contributed by atoms with van der Waals surface area (Å²) >= 11 is 0. The van der Waals surface area contributed by atoms with Crippen molar-refractivity contribution in [3.63, 3.8) is 0 Å². The second-order valence-corrected chi connectivity index (χ2v) is 4.35. The molecule has 0 radical (unpaired) electrons. The maximum absolute atomic E-state index is 13.7. The molecular formula is C16H14F2O3. The molecule has 0 N–H and O–H groups in total. The summed E-state index contributed by atoms with van der Waals surface area (Å²) < 4.78 is 37.1. The Labute approximate surface area is 121 Å². The first-order valence-corrected chi connectivity index (χ1v) is 6.25. The van der Waals surface area contributed by atoms with Crippen molar-refractivity contribution in [1.29, 1.82) is 0 Å². The highest BCUT2D eigenvalue weighted by Gasteiger charge is 2.20. The third kappa shape index (κ3) is 3.02. The summed E-state index contributed by atoms with van der Waals surface area (Å²) in [7, 11) is 2.85. The van der Waals surface area contributed by atoms with Gasteiger partial charge < -0.3 is 9.47 Å². The van der Waals surface area contributed by atoms with E-state index in [1.54, 1.807) is 18.2 Å². The number of benzene rings is 2. The topological polar surface area (TPSA) is 35.5 Å². The lowest BCUT2D eigenvalue weighted by Crippen LogP contribution is -2.09. The Morgan fingerprint density at radius 3 is 2.14 bits per heavy atom. The summed E-state index contributed by atoms with van der Waals surface area (Å²) in [6, 6.07) is 8.64. The van der Waals surface area contributed by atoms with Crippen LogP contribution in [-0.2, 0) is 6.42 Å². The Kier molecular flexibility index (Phi) is 4.52. The van der Waals surface area contributed by atoms with Crippen LogP contribution >= 0.6 is 0 Å². The molecule has 0 fully saturated rings. The van der Waals surface area contributed by atoms with Crippen molar-refractivity contribution >= 4 is 5.78 Å². The minimum atomic E-state index is -1.01. The molecule has 5 heteroatoms. The monoisotopic (exact) mass is 292 g/mol. The quantitative estimate of drug-likeness (QED) is 0.792. The average Bonchev–Trinajstić information content (AvgIpc) is 2.50. The van der Waals surface area contributed by atoms with E-state index in [1.165, 1.54) is 26.4 Å². The molecular weight excluding hydrogens is 278 g/mol. The van der Waals surface area contributed by atoms with Crippen molar-refractivity contribution in [1.82, 2.24) is 0 Å².